The second kappa shape index (κ2) is 6.05. The van der Waals surface area contributed by atoms with Crippen LogP contribution in [0.1, 0.15) is 23.7 Å². The molecule has 1 heterocycles. The van der Waals surface area contributed by atoms with Crippen molar-refractivity contribution in [2.24, 2.45) is 11.7 Å². The van der Waals surface area contributed by atoms with Gasteiger partial charge in [-0.05, 0) is 44.2 Å². The van der Waals surface area contributed by atoms with Crippen LogP contribution in [0.4, 0.5) is 0 Å². The van der Waals surface area contributed by atoms with Crippen molar-refractivity contribution in [1.29, 1.82) is 0 Å². The fraction of sp³-hybridized carbons (Fsp3) is 0.467. The molecule has 1 amide bonds. The van der Waals surface area contributed by atoms with Crippen LogP contribution in [0.25, 0.3) is 0 Å². The number of ketones is 1. The minimum Gasteiger partial charge on any atom is -0.497 e. The Kier molecular flexibility index (Phi) is 4.39. The van der Waals surface area contributed by atoms with Gasteiger partial charge in [-0.15, -0.1) is 0 Å². The molecule has 1 aliphatic rings. The Bertz CT molecular complexity index is 498. The maximum Gasteiger partial charge on any atom is 0.221 e. The molecule has 0 saturated carbocycles. The number of Topliss-reactive ketones (excluding diaryl/α,β-unsaturated/α-hetero) is 1. The zero-order valence-electron chi connectivity index (χ0n) is 11.8. The van der Waals surface area contributed by atoms with Crippen LogP contribution in [-0.2, 0) is 4.79 Å². The first-order chi connectivity index (χ1) is 9.52. The zero-order chi connectivity index (χ0) is 14.7. The van der Waals surface area contributed by atoms with E-state index in [0.29, 0.717) is 12.1 Å². The third-order valence-electron chi connectivity index (χ3n) is 3.92. The van der Waals surface area contributed by atoms with E-state index in [4.69, 9.17) is 10.5 Å². The summed E-state index contributed by atoms with van der Waals surface area (Å²) in [5, 5.41) is 0. The van der Waals surface area contributed by atoms with Crippen molar-refractivity contribution in [1.82, 2.24) is 4.90 Å². The molecule has 0 aromatic heterocycles. The molecule has 2 unspecified atom stereocenters. The summed E-state index contributed by atoms with van der Waals surface area (Å²) in [5.41, 5.74) is 5.97. The minimum absolute atomic E-state index is 0.0535. The predicted octanol–water partition coefficient (Wildman–Crippen LogP) is 1.07. The molecule has 2 N–H and O–H groups in total. The normalized spacial score (nSPS) is 20.6. The average Bonchev–Trinajstić information content (AvgIpc) is 2.96. The van der Waals surface area contributed by atoms with Crippen LogP contribution in [0.5, 0.6) is 5.75 Å². The molecule has 1 aliphatic heterocycles. The molecule has 1 fully saturated rings. The average molecular weight is 276 g/mol. The van der Waals surface area contributed by atoms with E-state index in [2.05, 4.69) is 0 Å². The Morgan fingerprint density at radius 1 is 1.35 bits per heavy atom. The molecule has 2 rings (SSSR count). The van der Waals surface area contributed by atoms with Gasteiger partial charge in [-0.25, -0.2) is 0 Å². The first-order valence-electron chi connectivity index (χ1n) is 6.74. The van der Waals surface area contributed by atoms with Crippen LogP contribution in [-0.4, -0.2) is 42.8 Å². The molecule has 0 bridgehead atoms. The van der Waals surface area contributed by atoms with Gasteiger partial charge < -0.3 is 10.5 Å². The summed E-state index contributed by atoms with van der Waals surface area (Å²) in [6.45, 7) is 3.17. The second-order valence-electron chi connectivity index (χ2n) is 5.15. The highest BCUT2D eigenvalue weighted by atomic mass is 16.5. The van der Waals surface area contributed by atoms with Gasteiger partial charge in [-0.1, -0.05) is 0 Å². The summed E-state index contributed by atoms with van der Waals surface area (Å²) in [6.07, 6.45) is 0.732. The fourth-order valence-electron chi connectivity index (χ4n) is 2.53. The molecule has 1 aromatic rings. The summed E-state index contributed by atoms with van der Waals surface area (Å²) in [5.74, 6) is 0.361. The Balaban J connectivity index is 2.03. The number of carbonyl (C=O) groups is 2. The van der Waals surface area contributed by atoms with E-state index in [1.165, 1.54) is 0 Å². The monoisotopic (exact) mass is 276 g/mol. The van der Waals surface area contributed by atoms with E-state index >= 15 is 0 Å². The zero-order valence-corrected chi connectivity index (χ0v) is 11.8. The van der Waals surface area contributed by atoms with Gasteiger partial charge >= 0.3 is 0 Å². The summed E-state index contributed by atoms with van der Waals surface area (Å²) >= 11 is 0. The first-order valence-corrected chi connectivity index (χ1v) is 6.74. The van der Waals surface area contributed by atoms with Crippen molar-refractivity contribution in [3.8, 4) is 5.75 Å². The largest absolute Gasteiger partial charge is 0.497 e. The number of hydrogen-bond donors (Lipinski definition) is 1. The van der Waals surface area contributed by atoms with Crippen LogP contribution < -0.4 is 10.5 Å². The number of carbonyl (C=O) groups excluding carboxylic acids is 2. The van der Waals surface area contributed by atoms with Gasteiger partial charge in [-0.3, -0.25) is 14.5 Å². The number of methoxy groups -OCH3 is 1. The van der Waals surface area contributed by atoms with Crippen LogP contribution in [0.15, 0.2) is 24.3 Å². The molecule has 0 aliphatic carbocycles. The number of hydrogen-bond acceptors (Lipinski definition) is 4. The SMILES string of the molecule is COc1ccc(C(=O)C(C)N2CCC(C(N)=O)C2)cc1. The predicted molar refractivity (Wildman–Crippen MR) is 75.7 cm³/mol. The number of nitrogens with zero attached hydrogens (tertiary/aromatic N) is 1. The number of nitrogens with two attached hydrogens (primary N) is 1. The molecule has 1 saturated heterocycles. The Hall–Kier alpha value is -1.88. The minimum atomic E-state index is -0.281. The van der Waals surface area contributed by atoms with E-state index in [1.54, 1.807) is 31.4 Å². The molecule has 0 radical (unpaired) electrons. The standard InChI is InChI=1S/C15H20N2O3/c1-10(17-8-7-12(9-17)15(16)19)14(18)11-3-5-13(20-2)6-4-11/h3-6,10,12H,7-9H2,1-2H3,(H2,16,19). The van der Waals surface area contributed by atoms with Crippen LogP contribution >= 0.6 is 0 Å². The van der Waals surface area contributed by atoms with E-state index < -0.39 is 0 Å². The lowest BCUT2D eigenvalue weighted by Gasteiger charge is -2.23. The van der Waals surface area contributed by atoms with Crippen molar-refractivity contribution in [3.63, 3.8) is 0 Å². The fourth-order valence-corrected chi connectivity index (χ4v) is 2.53. The van der Waals surface area contributed by atoms with Crippen molar-refractivity contribution >= 4 is 11.7 Å². The third-order valence-corrected chi connectivity index (χ3v) is 3.92. The molecule has 20 heavy (non-hydrogen) atoms. The van der Waals surface area contributed by atoms with Crippen LogP contribution in [0.2, 0.25) is 0 Å². The lowest BCUT2D eigenvalue weighted by molar-refractivity contribution is -0.121. The lowest BCUT2D eigenvalue weighted by Crippen LogP contribution is -2.38. The van der Waals surface area contributed by atoms with Crippen molar-refractivity contribution in [2.75, 3.05) is 20.2 Å². The Labute approximate surface area is 118 Å². The molecule has 2 atom stereocenters. The van der Waals surface area contributed by atoms with Gasteiger partial charge in [0.05, 0.1) is 19.1 Å². The van der Waals surface area contributed by atoms with Crippen molar-refractivity contribution in [2.45, 2.75) is 19.4 Å². The number of ether oxygens (including phenoxy) is 1. The molecular weight excluding hydrogens is 256 g/mol. The van der Waals surface area contributed by atoms with Gasteiger partial charge in [0.2, 0.25) is 5.91 Å². The van der Waals surface area contributed by atoms with Crippen molar-refractivity contribution < 1.29 is 14.3 Å². The van der Waals surface area contributed by atoms with E-state index in [9.17, 15) is 9.59 Å². The second-order valence-corrected chi connectivity index (χ2v) is 5.15. The molecule has 108 valence electrons. The maximum absolute atomic E-state index is 12.4. The van der Waals surface area contributed by atoms with Gasteiger partial charge in [0.25, 0.3) is 0 Å². The number of amides is 1. The van der Waals surface area contributed by atoms with Gasteiger partial charge in [-0.2, -0.15) is 0 Å². The highest BCUT2D eigenvalue weighted by molar-refractivity contribution is 6.00. The van der Waals surface area contributed by atoms with Crippen LogP contribution in [0.3, 0.4) is 0 Å². The first kappa shape index (κ1) is 14.5. The maximum atomic E-state index is 12.4. The lowest BCUT2D eigenvalue weighted by atomic mass is 10.0. The number of primary amides is 1. The quantitative estimate of drug-likeness (QED) is 0.817. The number of likely N-dealkylation sites (tertiary alicyclic amines) is 1. The van der Waals surface area contributed by atoms with Gasteiger partial charge in [0.1, 0.15) is 5.75 Å². The van der Waals surface area contributed by atoms with Gasteiger partial charge in [0.15, 0.2) is 5.78 Å². The summed E-state index contributed by atoms with van der Waals surface area (Å²) in [6, 6.07) is 6.83. The molecular formula is C15H20N2O3. The highest BCUT2D eigenvalue weighted by Crippen LogP contribution is 2.21. The summed E-state index contributed by atoms with van der Waals surface area (Å²) < 4.78 is 5.08. The Morgan fingerprint density at radius 3 is 2.50 bits per heavy atom. The molecule has 1 aromatic carbocycles. The van der Waals surface area contributed by atoms with Crippen molar-refractivity contribution in [3.05, 3.63) is 29.8 Å². The molecule has 0 spiro atoms. The van der Waals surface area contributed by atoms with E-state index in [1.807, 2.05) is 11.8 Å². The molecule has 5 heteroatoms. The summed E-state index contributed by atoms with van der Waals surface area (Å²) in [7, 11) is 1.59. The van der Waals surface area contributed by atoms with E-state index in [-0.39, 0.29) is 23.7 Å². The third kappa shape index (κ3) is 2.99. The van der Waals surface area contributed by atoms with E-state index in [0.717, 1.165) is 18.7 Å². The summed E-state index contributed by atoms with van der Waals surface area (Å²) in [4.78, 5) is 25.6. The topological polar surface area (TPSA) is 72.6 Å². The smallest absolute Gasteiger partial charge is 0.221 e. The van der Waals surface area contributed by atoms with Gasteiger partial charge in [0, 0.05) is 12.1 Å². The molecule has 5 nitrogen and oxygen atoms in total. The van der Waals surface area contributed by atoms with Crippen LogP contribution in [0, 0.1) is 5.92 Å². The number of rotatable bonds is 5. The Morgan fingerprint density at radius 2 is 2.00 bits per heavy atom. The highest BCUT2D eigenvalue weighted by Gasteiger charge is 2.32. The number of benzene rings is 1.